The summed E-state index contributed by atoms with van der Waals surface area (Å²) in [5.41, 5.74) is 0.257. The second-order valence-electron chi connectivity index (χ2n) is 10.2. The Bertz CT molecular complexity index is 1510. The van der Waals surface area contributed by atoms with E-state index in [-0.39, 0.29) is 44.5 Å². The first-order valence-corrected chi connectivity index (χ1v) is 13.5. The van der Waals surface area contributed by atoms with Gasteiger partial charge < -0.3 is 9.15 Å². The zero-order valence-electron chi connectivity index (χ0n) is 20.9. The third-order valence-electron chi connectivity index (χ3n) is 7.95. The number of Topliss-reactive ketones (excluding diaryl/α,β-unsaturated/α-hetero) is 1. The summed E-state index contributed by atoms with van der Waals surface area (Å²) in [7, 11) is 0. The molecule has 204 valence electrons. The molecule has 9 nitrogen and oxygen atoms in total. The topological polar surface area (TPSA) is 114 Å². The van der Waals surface area contributed by atoms with Gasteiger partial charge in [-0.3, -0.25) is 19.2 Å². The van der Waals surface area contributed by atoms with Crippen LogP contribution in [-0.2, 0) is 9.59 Å². The number of imide groups is 1. The Kier molecular flexibility index (Phi) is 6.72. The van der Waals surface area contributed by atoms with Gasteiger partial charge in [-0.2, -0.15) is 5.01 Å². The van der Waals surface area contributed by atoms with E-state index in [9.17, 15) is 24.0 Å². The quantitative estimate of drug-likeness (QED) is 0.166. The number of carbonyl (C=O) groups is 5. The minimum Gasteiger partial charge on any atom is -0.457 e. The molecule has 3 amide bonds. The van der Waals surface area contributed by atoms with Gasteiger partial charge in [0.05, 0.1) is 28.1 Å². The predicted octanol–water partition coefficient (Wildman–Crippen LogP) is 5.08. The molecule has 11 heteroatoms. The average Bonchev–Trinajstić information content (AvgIpc) is 3.75. The van der Waals surface area contributed by atoms with Crippen molar-refractivity contribution in [3.05, 3.63) is 87.8 Å². The maximum atomic E-state index is 13.7. The van der Waals surface area contributed by atoms with Crippen molar-refractivity contribution >= 4 is 52.7 Å². The van der Waals surface area contributed by atoms with Crippen molar-refractivity contribution in [2.75, 3.05) is 6.54 Å². The number of furan rings is 1. The van der Waals surface area contributed by atoms with E-state index < -0.39 is 47.9 Å². The number of rotatable bonds is 7. The molecule has 6 rings (SSSR count). The summed E-state index contributed by atoms with van der Waals surface area (Å²) in [5, 5.41) is 2.12. The third-order valence-corrected chi connectivity index (χ3v) is 8.69. The van der Waals surface area contributed by atoms with Gasteiger partial charge in [0.25, 0.3) is 17.7 Å². The molecule has 2 bridgehead atoms. The summed E-state index contributed by atoms with van der Waals surface area (Å²) in [6.07, 6.45) is 3.92. The maximum Gasteiger partial charge on any atom is 0.379 e. The second kappa shape index (κ2) is 10.2. The number of esters is 1. The molecule has 3 fully saturated rings. The van der Waals surface area contributed by atoms with Crippen LogP contribution in [-0.4, -0.2) is 46.0 Å². The van der Waals surface area contributed by atoms with Gasteiger partial charge >= 0.3 is 5.97 Å². The Balaban J connectivity index is 1.26. The number of amides is 3. The number of halogens is 2. The molecule has 0 radical (unpaired) electrons. The molecule has 1 aromatic heterocycles. The van der Waals surface area contributed by atoms with Gasteiger partial charge in [-0.15, -0.1) is 0 Å². The number of benzene rings is 2. The number of ether oxygens (including phenoxy) is 1. The molecule has 3 aromatic rings. The van der Waals surface area contributed by atoms with Crippen LogP contribution in [0.3, 0.4) is 0 Å². The van der Waals surface area contributed by atoms with E-state index in [0.717, 1.165) is 29.3 Å². The molecule has 1 saturated heterocycles. The van der Waals surface area contributed by atoms with E-state index in [0.29, 0.717) is 0 Å². The highest BCUT2D eigenvalue weighted by Gasteiger charge is 2.62. The molecule has 2 heterocycles. The Morgan fingerprint density at radius 1 is 0.900 bits per heavy atom. The highest BCUT2D eigenvalue weighted by atomic mass is 35.5. The normalized spacial score (nSPS) is 22.9. The van der Waals surface area contributed by atoms with Crippen LogP contribution in [0.25, 0.3) is 0 Å². The van der Waals surface area contributed by atoms with E-state index >= 15 is 0 Å². The molecular formula is C29H22Cl2N2O7. The zero-order chi connectivity index (χ0) is 28.1. The first kappa shape index (κ1) is 26.3. The van der Waals surface area contributed by atoms with Gasteiger partial charge in [-0.1, -0.05) is 23.2 Å². The van der Waals surface area contributed by atoms with Crippen LogP contribution in [0.5, 0.6) is 5.75 Å². The van der Waals surface area contributed by atoms with Crippen molar-refractivity contribution in [1.29, 1.82) is 0 Å². The van der Waals surface area contributed by atoms with Crippen molar-refractivity contribution in [2.24, 2.45) is 23.7 Å². The number of hydrogen-bond acceptors (Lipinski definition) is 7. The third kappa shape index (κ3) is 4.49. The second-order valence-corrected chi connectivity index (χ2v) is 11.0. The van der Waals surface area contributed by atoms with Crippen LogP contribution in [0.1, 0.15) is 50.5 Å². The van der Waals surface area contributed by atoms with Crippen LogP contribution in [0.15, 0.2) is 65.3 Å². The smallest absolute Gasteiger partial charge is 0.379 e. The molecule has 0 N–H and O–H groups in total. The van der Waals surface area contributed by atoms with Crippen molar-refractivity contribution < 1.29 is 33.1 Å². The van der Waals surface area contributed by atoms with E-state index in [1.165, 1.54) is 54.8 Å². The van der Waals surface area contributed by atoms with Crippen LogP contribution >= 0.6 is 23.2 Å². The number of ketones is 1. The summed E-state index contributed by atoms with van der Waals surface area (Å²) in [6.45, 7) is -0.573. The molecule has 0 unspecified atom stereocenters. The average molecular weight is 581 g/mol. The monoisotopic (exact) mass is 580 g/mol. The highest BCUT2D eigenvalue weighted by Crippen LogP contribution is 2.56. The Morgan fingerprint density at radius 2 is 1.55 bits per heavy atom. The summed E-state index contributed by atoms with van der Waals surface area (Å²) >= 11 is 12.1. The lowest BCUT2D eigenvalue weighted by Crippen LogP contribution is -2.52. The van der Waals surface area contributed by atoms with Crippen LogP contribution < -0.4 is 4.74 Å². The van der Waals surface area contributed by atoms with E-state index in [1.807, 2.05) is 0 Å². The SMILES string of the molecule is O=C(CN(C(=O)c1ccc(Cl)c(Cl)c1)N1C(=O)[C@H]2[C@H]3CC[C@@H](C3)[C@@H]2C1=O)c1ccc(OC(=O)c2ccco2)cc1. The van der Waals surface area contributed by atoms with Gasteiger partial charge in [0.15, 0.2) is 5.78 Å². The molecule has 1 aliphatic heterocycles. The summed E-state index contributed by atoms with van der Waals surface area (Å²) in [4.78, 5) is 66.3. The van der Waals surface area contributed by atoms with Gasteiger partial charge in [0, 0.05) is 11.1 Å². The number of fused-ring (bicyclic) bond motifs is 5. The number of hydrazine groups is 1. The largest absolute Gasteiger partial charge is 0.457 e. The fourth-order valence-electron chi connectivity index (χ4n) is 6.13. The number of carbonyl (C=O) groups excluding carboxylic acids is 5. The summed E-state index contributed by atoms with van der Waals surface area (Å²) < 4.78 is 10.3. The number of hydrogen-bond donors (Lipinski definition) is 0. The van der Waals surface area contributed by atoms with Gasteiger partial charge in [-0.25, -0.2) is 9.80 Å². The highest BCUT2D eigenvalue weighted by molar-refractivity contribution is 6.42. The van der Waals surface area contributed by atoms with E-state index in [1.54, 1.807) is 6.07 Å². The molecule has 40 heavy (non-hydrogen) atoms. The first-order chi connectivity index (χ1) is 19.2. The fraction of sp³-hybridized carbons (Fsp3) is 0.276. The number of nitrogens with zero attached hydrogens (tertiary/aromatic N) is 2. The molecule has 4 atom stereocenters. The van der Waals surface area contributed by atoms with Gasteiger partial charge in [0.2, 0.25) is 5.76 Å². The lowest BCUT2D eigenvalue weighted by molar-refractivity contribution is -0.155. The minimum absolute atomic E-state index is 0.0229. The predicted molar refractivity (Wildman–Crippen MR) is 142 cm³/mol. The van der Waals surface area contributed by atoms with Gasteiger partial charge in [0.1, 0.15) is 12.3 Å². The molecule has 2 aliphatic carbocycles. The fourth-order valence-corrected chi connectivity index (χ4v) is 6.43. The lowest BCUT2D eigenvalue weighted by Gasteiger charge is -2.31. The van der Waals surface area contributed by atoms with Crippen molar-refractivity contribution in [3.8, 4) is 5.75 Å². The summed E-state index contributed by atoms with van der Waals surface area (Å²) in [6, 6.07) is 12.9. The van der Waals surface area contributed by atoms with Crippen LogP contribution in [0, 0.1) is 23.7 Å². The molecular weight excluding hydrogens is 559 g/mol. The Labute approximate surface area is 238 Å². The minimum atomic E-state index is -0.732. The zero-order valence-corrected chi connectivity index (χ0v) is 22.4. The Morgan fingerprint density at radius 3 is 2.15 bits per heavy atom. The van der Waals surface area contributed by atoms with E-state index in [4.69, 9.17) is 32.4 Å². The van der Waals surface area contributed by atoms with Crippen molar-refractivity contribution in [2.45, 2.75) is 19.3 Å². The standard InChI is InChI=1S/C29H22Cl2N2O7/c30-20-10-7-18(13-21(20)31)26(35)32(33-27(36)24-16-3-4-17(12-16)25(24)28(33)37)14-22(34)15-5-8-19(9-6-15)40-29(38)23-2-1-11-39-23/h1-2,5-11,13,16-17,24-25H,3-4,12,14H2/t16-,17-,24-,25-/m0/s1. The Hall–Kier alpha value is -3.95. The van der Waals surface area contributed by atoms with Gasteiger partial charge in [-0.05, 0) is 85.7 Å². The van der Waals surface area contributed by atoms with Crippen LogP contribution in [0.2, 0.25) is 10.0 Å². The molecule has 0 spiro atoms. The lowest BCUT2D eigenvalue weighted by atomic mass is 9.81. The van der Waals surface area contributed by atoms with Crippen molar-refractivity contribution in [1.82, 2.24) is 10.0 Å². The first-order valence-electron chi connectivity index (χ1n) is 12.8. The van der Waals surface area contributed by atoms with E-state index in [2.05, 4.69) is 0 Å². The van der Waals surface area contributed by atoms with Crippen molar-refractivity contribution in [3.63, 3.8) is 0 Å². The molecule has 3 aliphatic rings. The molecule has 2 saturated carbocycles. The van der Waals surface area contributed by atoms with Crippen LogP contribution in [0.4, 0.5) is 0 Å². The molecule has 2 aromatic carbocycles. The maximum absolute atomic E-state index is 13.7. The summed E-state index contributed by atoms with van der Waals surface area (Å²) in [5.74, 6) is -3.43.